The van der Waals surface area contributed by atoms with Crippen LogP contribution < -0.4 is 4.74 Å². The highest BCUT2D eigenvalue weighted by molar-refractivity contribution is 6.03. The molecule has 2 saturated carbocycles. The van der Waals surface area contributed by atoms with E-state index in [4.69, 9.17) is 14.9 Å². The van der Waals surface area contributed by atoms with E-state index in [-0.39, 0.29) is 17.8 Å². The van der Waals surface area contributed by atoms with Gasteiger partial charge in [-0.25, -0.2) is 9.37 Å². The number of pyridine rings is 1. The Morgan fingerprint density at radius 2 is 1.94 bits per heavy atom. The third-order valence-corrected chi connectivity index (χ3v) is 6.87. The first kappa shape index (κ1) is 22.5. The maximum Gasteiger partial charge on any atom is 0.192 e. The number of aliphatic imine (C=N–C) groups is 1. The van der Waals surface area contributed by atoms with Crippen LogP contribution in [0.15, 0.2) is 53.9 Å². The van der Waals surface area contributed by atoms with Crippen LogP contribution in [0.3, 0.4) is 0 Å². The largest absolute Gasteiger partial charge is 0.490 e. The highest BCUT2D eigenvalue weighted by Gasteiger charge is 2.29. The van der Waals surface area contributed by atoms with Crippen LogP contribution in [0, 0.1) is 17.1 Å². The SMILES string of the molecule is COC(=NC(=N)c1cnc2ccc(-c3cn[nH]c3-c3ccc(OC4CCCC4)cc3F)cn12)C1CC1. The third-order valence-electron chi connectivity index (χ3n) is 6.87. The van der Waals surface area contributed by atoms with E-state index in [1.807, 2.05) is 28.8 Å². The number of amidine groups is 1. The van der Waals surface area contributed by atoms with Gasteiger partial charge in [0, 0.05) is 34.9 Å². The lowest BCUT2D eigenvalue weighted by Gasteiger charge is -2.14. The van der Waals surface area contributed by atoms with Gasteiger partial charge in [-0.2, -0.15) is 10.1 Å². The molecule has 3 heterocycles. The van der Waals surface area contributed by atoms with E-state index in [2.05, 4.69) is 20.2 Å². The van der Waals surface area contributed by atoms with Crippen LogP contribution in [0.25, 0.3) is 28.0 Å². The Hall–Kier alpha value is -4.01. The quantitative estimate of drug-likeness (QED) is 0.272. The molecule has 0 amide bonds. The zero-order valence-corrected chi connectivity index (χ0v) is 20.0. The van der Waals surface area contributed by atoms with Crippen LogP contribution in [0.1, 0.15) is 44.2 Å². The number of halogens is 1. The molecule has 0 spiro atoms. The van der Waals surface area contributed by atoms with Crippen LogP contribution in [-0.4, -0.2) is 44.5 Å². The van der Waals surface area contributed by atoms with E-state index < -0.39 is 0 Å². The molecule has 0 bridgehead atoms. The van der Waals surface area contributed by atoms with E-state index in [0.29, 0.717) is 40.2 Å². The molecule has 9 heteroatoms. The predicted molar refractivity (Wildman–Crippen MR) is 135 cm³/mol. The van der Waals surface area contributed by atoms with Gasteiger partial charge in [0.25, 0.3) is 0 Å². The van der Waals surface area contributed by atoms with Crippen molar-refractivity contribution in [3.63, 3.8) is 0 Å². The highest BCUT2D eigenvalue weighted by atomic mass is 19.1. The second-order valence-corrected chi connectivity index (χ2v) is 9.39. The Morgan fingerprint density at radius 1 is 1.11 bits per heavy atom. The first-order valence-electron chi connectivity index (χ1n) is 12.3. The van der Waals surface area contributed by atoms with Gasteiger partial charge in [0.1, 0.15) is 22.9 Å². The molecule has 2 N–H and O–H groups in total. The number of ether oxygens (including phenoxy) is 2. The minimum atomic E-state index is -0.372. The molecule has 2 aliphatic carbocycles. The molecule has 0 aliphatic heterocycles. The van der Waals surface area contributed by atoms with Crippen molar-refractivity contribution in [2.24, 2.45) is 10.9 Å². The average Bonchev–Trinajstić information content (AvgIpc) is 3.25. The number of rotatable bonds is 6. The minimum Gasteiger partial charge on any atom is -0.490 e. The summed E-state index contributed by atoms with van der Waals surface area (Å²) in [7, 11) is 1.59. The number of imidazole rings is 1. The van der Waals surface area contributed by atoms with Crippen molar-refractivity contribution in [3.8, 4) is 28.1 Å². The normalized spacial score (nSPS) is 16.6. The molecule has 4 aromatic rings. The zero-order valence-electron chi connectivity index (χ0n) is 20.0. The van der Waals surface area contributed by atoms with Crippen LogP contribution in [0.5, 0.6) is 5.75 Å². The number of fused-ring (bicyclic) bond motifs is 1. The van der Waals surface area contributed by atoms with Crippen molar-refractivity contribution in [3.05, 3.63) is 60.4 Å². The lowest BCUT2D eigenvalue weighted by Crippen LogP contribution is -2.10. The van der Waals surface area contributed by atoms with Gasteiger partial charge in [-0.1, -0.05) is 0 Å². The summed E-state index contributed by atoms with van der Waals surface area (Å²) in [5.74, 6) is 1.14. The number of methoxy groups -OCH3 is 1. The van der Waals surface area contributed by atoms with Crippen molar-refractivity contribution < 1.29 is 13.9 Å². The maximum atomic E-state index is 15.2. The fraction of sp³-hybridized carbons (Fsp3) is 0.333. The Bertz CT molecular complexity index is 1460. The third kappa shape index (κ3) is 4.25. The number of hydrogen-bond acceptors (Lipinski definition) is 5. The van der Waals surface area contributed by atoms with Gasteiger partial charge in [-0.15, -0.1) is 0 Å². The molecule has 0 atom stereocenters. The number of H-pyrrole nitrogens is 1. The van der Waals surface area contributed by atoms with Crippen LogP contribution in [0.2, 0.25) is 0 Å². The highest BCUT2D eigenvalue weighted by Crippen LogP contribution is 2.35. The van der Waals surface area contributed by atoms with Gasteiger partial charge in [-0.05, 0) is 62.8 Å². The molecular weight excluding hydrogens is 459 g/mol. The van der Waals surface area contributed by atoms with Gasteiger partial charge in [0.05, 0.1) is 31.3 Å². The molecule has 0 radical (unpaired) electrons. The Morgan fingerprint density at radius 3 is 2.69 bits per heavy atom. The minimum absolute atomic E-state index is 0.0831. The summed E-state index contributed by atoms with van der Waals surface area (Å²) in [5.41, 5.74) is 3.77. The first-order valence-corrected chi connectivity index (χ1v) is 12.3. The molecule has 1 aromatic carbocycles. The van der Waals surface area contributed by atoms with Crippen molar-refractivity contribution >= 4 is 17.4 Å². The summed E-state index contributed by atoms with van der Waals surface area (Å²) in [6.07, 6.45) is 11.8. The lowest BCUT2D eigenvalue weighted by atomic mass is 10.0. The van der Waals surface area contributed by atoms with E-state index >= 15 is 4.39 Å². The molecule has 2 aliphatic rings. The van der Waals surface area contributed by atoms with Crippen molar-refractivity contribution in [1.82, 2.24) is 19.6 Å². The van der Waals surface area contributed by atoms with Crippen molar-refractivity contribution in [2.45, 2.75) is 44.6 Å². The van der Waals surface area contributed by atoms with E-state index in [1.165, 1.54) is 6.07 Å². The topological polar surface area (TPSA) is 101 Å². The number of hydrogen-bond donors (Lipinski definition) is 2. The van der Waals surface area contributed by atoms with E-state index in [0.717, 1.165) is 49.7 Å². The van der Waals surface area contributed by atoms with Crippen LogP contribution in [-0.2, 0) is 4.74 Å². The number of aromatic amines is 1. The summed E-state index contributed by atoms with van der Waals surface area (Å²) in [5, 5.41) is 15.7. The molecule has 2 fully saturated rings. The van der Waals surface area contributed by atoms with Crippen molar-refractivity contribution in [1.29, 1.82) is 5.41 Å². The monoisotopic (exact) mass is 486 g/mol. The van der Waals surface area contributed by atoms with Crippen LogP contribution >= 0.6 is 0 Å². The Balaban J connectivity index is 1.32. The number of aromatic nitrogens is 4. The molecule has 8 nitrogen and oxygen atoms in total. The van der Waals surface area contributed by atoms with Gasteiger partial charge in [0.2, 0.25) is 0 Å². The Kier molecular flexibility index (Phi) is 5.75. The summed E-state index contributed by atoms with van der Waals surface area (Å²) in [4.78, 5) is 8.82. The Labute approximate surface area is 207 Å². The maximum absolute atomic E-state index is 15.2. The number of nitrogens with zero attached hydrogens (tertiary/aromatic N) is 4. The molecule has 36 heavy (non-hydrogen) atoms. The molecule has 3 aromatic heterocycles. The van der Waals surface area contributed by atoms with Gasteiger partial charge in [0.15, 0.2) is 11.7 Å². The fourth-order valence-electron chi connectivity index (χ4n) is 4.80. The van der Waals surface area contributed by atoms with Gasteiger partial charge < -0.3 is 9.47 Å². The lowest BCUT2D eigenvalue weighted by molar-refractivity contribution is 0.209. The van der Waals surface area contributed by atoms with Crippen LogP contribution in [0.4, 0.5) is 4.39 Å². The zero-order chi connectivity index (χ0) is 24.6. The second-order valence-electron chi connectivity index (χ2n) is 9.39. The molecule has 184 valence electrons. The summed E-state index contributed by atoms with van der Waals surface area (Å²) in [6, 6.07) is 8.76. The predicted octanol–water partition coefficient (Wildman–Crippen LogP) is 5.63. The first-order chi connectivity index (χ1) is 17.6. The van der Waals surface area contributed by atoms with Gasteiger partial charge in [-0.3, -0.25) is 14.9 Å². The molecular formula is C27H27FN6O2. The molecule has 0 unspecified atom stereocenters. The fourth-order valence-corrected chi connectivity index (χ4v) is 4.80. The molecule has 0 saturated heterocycles. The smallest absolute Gasteiger partial charge is 0.192 e. The number of benzene rings is 1. The summed E-state index contributed by atoms with van der Waals surface area (Å²) >= 11 is 0. The van der Waals surface area contributed by atoms with E-state index in [1.54, 1.807) is 25.6 Å². The van der Waals surface area contributed by atoms with Crippen molar-refractivity contribution in [2.75, 3.05) is 7.11 Å². The standard InChI is InChI=1S/C27H27FN6O2/c1-35-27(16-6-7-16)32-26(29)23-14-30-24-11-8-17(15-34(23)24)21-13-31-33-25(21)20-10-9-19(12-22(20)28)36-18-4-2-3-5-18/h8-16,18,29H,2-7H2,1H3,(H,31,33). The van der Waals surface area contributed by atoms with Gasteiger partial charge >= 0.3 is 0 Å². The molecule has 6 rings (SSSR count). The summed E-state index contributed by atoms with van der Waals surface area (Å²) < 4.78 is 28.3. The number of nitrogens with one attached hydrogen (secondary N) is 2. The summed E-state index contributed by atoms with van der Waals surface area (Å²) in [6.45, 7) is 0. The second kappa shape index (κ2) is 9.22. The average molecular weight is 487 g/mol. The van der Waals surface area contributed by atoms with E-state index in [9.17, 15) is 0 Å².